The number of carbonyl (C=O) groups is 1. The van der Waals surface area contributed by atoms with Gasteiger partial charge in [-0.3, -0.25) is 0 Å². The number of hydrogen-bond donors (Lipinski definition) is 0. The lowest BCUT2D eigenvalue weighted by atomic mass is 9.84. The minimum atomic E-state index is 0.00349. The van der Waals surface area contributed by atoms with Gasteiger partial charge < -0.3 is 14.3 Å². The highest BCUT2D eigenvalue weighted by molar-refractivity contribution is 5.74. The van der Waals surface area contributed by atoms with Crippen molar-refractivity contribution in [3.05, 3.63) is 71.6 Å². The lowest BCUT2D eigenvalue weighted by Crippen LogP contribution is -2.47. The fourth-order valence-electron chi connectivity index (χ4n) is 4.18. The lowest BCUT2D eigenvalue weighted by molar-refractivity contribution is 0.136. The molecule has 1 saturated heterocycles. The zero-order chi connectivity index (χ0) is 21.8. The van der Waals surface area contributed by atoms with E-state index in [4.69, 9.17) is 4.52 Å². The Morgan fingerprint density at radius 3 is 2.45 bits per heavy atom. The van der Waals surface area contributed by atoms with E-state index in [1.54, 1.807) is 4.90 Å². The summed E-state index contributed by atoms with van der Waals surface area (Å²) in [5.41, 5.74) is 3.50. The van der Waals surface area contributed by atoms with Crippen LogP contribution in [0.4, 0.5) is 4.79 Å². The lowest BCUT2D eigenvalue weighted by Gasteiger charge is -2.38. The van der Waals surface area contributed by atoms with Gasteiger partial charge in [0.1, 0.15) is 0 Å². The molecular weight excluding hydrogens is 388 g/mol. The maximum absolute atomic E-state index is 13.0. The summed E-state index contributed by atoms with van der Waals surface area (Å²) in [6.07, 6.45) is 1.89. The number of carbonyl (C=O) groups excluding carboxylic acids is 1. The van der Waals surface area contributed by atoms with Gasteiger partial charge in [-0.2, -0.15) is 4.98 Å². The Hall–Kier alpha value is -3.15. The molecule has 1 fully saturated rings. The molecule has 6 heteroatoms. The second kappa shape index (κ2) is 9.33. The molecule has 0 aliphatic carbocycles. The van der Waals surface area contributed by atoms with Gasteiger partial charge in [-0.25, -0.2) is 4.79 Å². The van der Waals surface area contributed by atoms with Crippen LogP contribution in [-0.4, -0.2) is 52.7 Å². The molecule has 0 spiro atoms. The second-order valence-corrected chi connectivity index (χ2v) is 8.25. The number of hydrogen-bond acceptors (Lipinski definition) is 4. The number of nitrogens with zero attached hydrogens (tertiary/aromatic N) is 4. The van der Waals surface area contributed by atoms with Gasteiger partial charge in [0.15, 0.2) is 0 Å². The summed E-state index contributed by atoms with van der Waals surface area (Å²) in [5.74, 6) is 1.42. The number of aryl methyl sites for hydroxylation is 1. The molecule has 1 aliphatic heterocycles. The molecule has 6 nitrogen and oxygen atoms in total. The fourth-order valence-corrected chi connectivity index (χ4v) is 4.18. The first-order valence-electron chi connectivity index (χ1n) is 11.1. The van der Waals surface area contributed by atoms with Crippen molar-refractivity contribution in [1.29, 1.82) is 0 Å². The summed E-state index contributed by atoms with van der Waals surface area (Å²) in [7, 11) is 1.84. The van der Waals surface area contributed by atoms with Crippen LogP contribution >= 0.6 is 0 Å². The van der Waals surface area contributed by atoms with E-state index in [-0.39, 0.29) is 17.9 Å². The molecule has 1 aromatic heterocycles. The number of rotatable bonds is 5. The van der Waals surface area contributed by atoms with E-state index >= 15 is 0 Å². The molecule has 162 valence electrons. The van der Waals surface area contributed by atoms with E-state index in [1.165, 1.54) is 11.1 Å². The monoisotopic (exact) mass is 418 g/mol. The predicted molar refractivity (Wildman–Crippen MR) is 121 cm³/mol. The van der Waals surface area contributed by atoms with E-state index in [2.05, 4.69) is 41.3 Å². The van der Waals surface area contributed by atoms with Gasteiger partial charge in [-0.1, -0.05) is 66.7 Å². The number of amides is 2. The summed E-state index contributed by atoms with van der Waals surface area (Å²) in [6, 6.07) is 18.6. The number of likely N-dealkylation sites (tertiary alicyclic amines) is 1. The van der Waals surface area contributed by atoms with Crippen molar-refractivity contribution in [2.45, 2.75) is 38.5 Å². The van der Waals surface area contributed by atoms with Gasteiger partial charge in [-0.15, -0.1) is 0 Å². The van der Waals surface area contributed by atoms with E-state index in [1.807, 2.05) is 49.2 Å². The summed E-state index contributed by atoms with van der Waals surface area (Å²) in [6.45, 7) is 6.11. The summed E-state index contributed by atoms with van der Waals surface area (Å²) < 4.78 is 5.68. The molecule has 2 atom stereocenters. The van der Waals surface area contributed by atoms with Crippen LogP contribution in [0.15, 0.2) is 59.1 Å². The molecule has 2 aromatic carbocycles. The second-order valence-electron chi connectivity index (χ2n) is 8.25. The largest absolute Gasteiger partial charge is 0.339 e. The van der Waals surface area contributed by atoms with E-state index in [0.29, 0.717) is 31.3 Å². The molecule has 0 radical (unpaired) electrons. The Kier molecular flexibility index (Phi) is 6.35. The van der Waals surface area contributed by atoms with Crippen molar-refractivity contribution in [1.82, 2.24) is 19.9 Å². The molecule has 0 N–H and O–H groups in total. The van der Waals surface area contributed by atoms with Crippen molar-refractivity contribution in [2.24, 2.45) is 0 Å². The molecule has 2 amide bonds. The molecule has 0 saturated carbocycles. The van der Waals surface area contributed by atoms with Gasteiger partial charge in [0.2, 0.25) is 11.7 Å². The first kappa shape index (κ1) is 21.1. The number of benzene rings is 2. The van der Waals surface area contributed by atoms with Crippen molar-refractivity contribution in [3.63, 3.8) is 0 Å². The third-order valence-corrected chi connectivity index (χ3v) is 6.20. The maximum atomic E-state index is 13.0. The standard InChI is InChI=1S/C25H30N4O2/c1-4-18-11-13-19(14-12-18)21-15-22(17-29(16-21)25(30)28(3)5-2)24-26-23(27-31-24)20-9-7-6-8-10-20/h6-14,21-22H,4-5,15-17H2,1-3H3. The topological polar surface area (TPSA) is 62.5 Å². The third kappa shape index (κ3) is 4.63. The Morgan fingerprint density at radius 2 is 1.77 bits per heavy atom. The van der Waals surface area contributed by atoms with Crippen LogP contribution in [0.5, 0.6) is 0 Å². The van der Waals surface area contributed by atoms with Gasteiger partial charge in [0, 0.05) is 38.2 Å². The Balaban J connectivity index is 1.61. The third-order valence-electron chi connectivity index (χ3n) is 6.20. The highest BCUT2D eigenvalue weighted by atomic mass is 16.5. The summed E-state index contributed by atoms with van der Waals surface area (Å²) in [4.78, 5) is 21.4. The van der Waals surface area contributed by atoms with Crippen LogP contribution in [0.25, 0.3) is 11.4 Å². The first-order chi connectivity index (χ1) is 15.1. The Bertz CT molecular complexity index is 1000. The molecule has 2 unspecified atom stereocenters. The minimum Gasteiger partial charge on any atom is -0.339 e. The van der Waals surface area contributed by atoms with Crippen LogP contribution in [0, 0.1) is 0 Å². The fraction of sp³-hybridized carbons (Fsp3) is 0.400. The molecule has 2 heterocycles. The Labute approximate surface area is 183 Å². The van der Waals surface area contributed by atoms with Crippen molar-refractivity contribution in [2.75, 3.05) is 26.7 Å². The number of aromatic nitrogens is 2. The highest BCUT2D eigenvalue weighted by Gasteiger charge is 2.35. The SMILES string of the molecule is CCc1ccc(C2CC(c3nc(-c4ccccc4)no3)CN(C(=O)N(C)CC)C2)cc1. The molecule has 3 aromatic rings. The average Bonchev–Trinajstić information content (AvgIpc) is 3.34. The van der Waals surface area contributed by atoms with Crippen LogP contribution < -0.4 is 0 Å². The predicted octanol–water partition coefficient (Wildman–Crippen LogP) is 4.94. The van der Waals surface area contributed by atoms with Gasteiger partial charge in [0.25, 0.3) is 0 Å². The van der Waals surface area contributed by atoms with Crippen LogP contribution in [0.1, 0.15) is 49.1 Å². The molecule has 4 rings (SSSR count). The average molecular weight is 419 g/mol. The Morgan fingerprint density at radius 1 is 1.06 bits per heavy atom. The normalized spacial score (nSPS) is 18.7. The minimum absolute atomic E-state index is 0.00349. The number of piperidine rings is 1. The zero-order valence-corrected chi connectivity index (χ0v) is 18.5. The van der Waals surface area contributed by atoms with Crippen molar-refractivity contribution >= 4 is 6.03 Å². The van der Waals surface area contributed by atoms with Crippen LogP contribution in [-0.2, 0) is 6.42 Å². The molecular formula is C25H30N4O2. The smallest absolute Gasteiger partial charge is 0.319 e. The van der Waals surface area contributed by atoms with Gasteiger partial charge in [-0.05, 0) is 30.9 Å². The van der Waals surface area contributed by atoms with E-state index < -0.39 is 0 Å². The molecule has 1 aliphatic rings. The first-order valence-corrected chi connectivity index (χ1v) is 11.1. The molecule has 0 bridgehead atoms. The molecule has 31 heavy (non-hydrogen) atoms. The van der Waals surface area contributed by atoms with E-state index in [0.717, 1.165) is 18.4 Å². The van der Waals surface area contributed by atoms with Gasteiger partial charge in [0.05, 0.1) is 5.92 Å². The van der Waals surface area contributed by atoms with Crippen molar-refractivity contribution < 1.29 is 9.32 Å². The highest BCUT2D eigenvalue weighted by Crippen LogP contribution is 2.36. The van der Waals surface area contributed by atoms with Crippen LogP contribution in [0.2, 0.25) is 0 Å². The summed E-state index contributed by atoms with van der Waals surface area (Å²) >= 11 is 0. The van der Waals surface area contributed by atoms with Crippen LogP contribution in [0.3, 0.4) is 0 Å². The van der Waals surface area contributed by atoms with Gasteiger partial charge >= 0.3 is 6.03 Å². The summed E-state index contributed by atoms with van der Waals surface area (Å²) in [5, 5.41) is 4.20. The quantitative estimate of drug-likeness (QED) is 0.588. The zero-order valence-electron chi connectivity index (χ0n) is 18.5. The van der Waals surface area contributed by atoms with Crippen molar-refractivity contribution in [3.8, 4) is 11.4 Å². The maximum Gasteiger partial charge on any atom is 0.319 e. The number of urea groups is 1. The van der Waals surface area contributed by atoms with E-state index in [9.17, 15) is 4.79 Å².